The molecule has 8 nitrogen and oxygen atoms in total. The van der Waals surface area contributed by atoms with Crippen molar-refractivity contribution in [1.29, 1.82) is 0 Å². The second-order valence-electron chi connectivity index (χ2n) is 7.81. The topological polar surface area (TPSA) is 118 Å². The molecule has 2 aromatic heterocycles. The Morgan fingerprint density at radius 3 is 2.59 bits per heavy atom. The summed E-state index contributed by atoms with van der Waals surface area (Å²) in [7, 11) is 0. The number of amides is 1. The molecule has 32 heavy (non-hydrogen) atoms. The largest absolute Gasteiger partial charge is 0.477 e. The highest BCUT2D eigenvalue weighted by Crippen LogP contribution is 2.29. The van der Waals surface area contributed by atoms with Crippen LogP contribution in [0.4, 0.5) is 0 Å². The van der Waals surface area contributed by atoms with E-state index in [9.17, 15) is 15.0 Å². The van der Waals surface area contributed by atoms with Crippen LogP contribution in [-0.4, -0.2) is 51.1 Å². The molecule has 1 aliphatic carbocycles. The van der Waals surface area contributed by atoms with Crippen molar-refractivity contribution in [3.8, 4) is 17.1 Å². The van der Waals surface area contributed by atoms with Crippen molar-refractivity contribution in [2.24, 2.45) is 5.92 Å². The summed E-state index contributed by atoms with van der Waals surface area (Å²) >= 11 is 0. The molecule has 9 heteroatoms. The number of halogens is 1. The number of aromatic nitrogens is 2. The second kappa shape index (κ2) is 10.1. The summed E-state index contributed by atoms with van der Waals surface area (Å²) in [5.74, 6) is 0.0899. The highest BCUT2D eigenvalue weighted by Gasteiger charge is 2.43. The van der Waals surface area contributed by atoms with Gasteiger partial charge in [0.05, 0.1) is 18.8 Å². The number of nitrogens with zero attached hydrogens (tertiary/aromatic N) is 2. The standard InChI is InChI=1S/C23H25N3O5.ClH/c1-13-7-6-10-18(24-13)30-12-16-11-17(22(28)21(16)27)25-23(29)19-14(2)31-26-20(19)15-8-4-3-5-9-15;/h3-10,16-17,21-22,27-28H,11-12H2,1-2H3,(H,25,29);1H/t16-,17-,21-,22+;/m1./s1. The van der Waals surface area contributed by atoms with Gasteiger partial charge in [-0.2, -0.15) is 0 Å². The molecule has 4 rings (SSSR count). The Bertz CT molecular complexity index is 1060. The third kappa shape index (κ3) is 4.93. The van der Waals surface area contributed by atoms with Crippen LogP contribution in [0.25, 0.3) is 11.3 Å². The highest BCUT2D eigenvalue weighted by atomic mass is 35.5. The molecule has 0 radical (unpaired) electrons. The first-order valence-corrected chi connectivity index (χ1v) is 10.2. The van der Waals surface area contributed by atoms with E-state index in [2.05, 4.69) is 15.5 Å². The summed E-state index contributed by atoms with van der Waals surface area (Å²) in [6.07, 6.45) is -1.76. The lowest BCUT2D eigenvalue weighted by atomic mass is 10.0. The summed E-state index contributed by atoms with van der Waals surface area (Å²) in [4.78, 5) is 17.3. The van der Waals surface area contributed by atoms with Crippen molar-refractivity contribution in [2.45, 2.75) is 38.5 Å². The van der Waals surface area contributed by atoms with Crippen LogP contribution in [0.15, 0.2) is 53.1 Å². The lowest BCUT2D eigenvalue weighted by Gasteiger charge is -2.18. The van der Waals surface area contributed by atoms with E-state index in [-0.39, 0.29) is 24.9 Å². The molecular weight excluding hydrogens is 434 g/mol. The number of pyridine rings is 1. The summed E-state index contributed by atoms with van der Waals surface area (Å²) < 4.78 is 10.9. The van der Waals surface area contributed by atoms with Gasteiger partial charge in [0.15, 0.2) is 0 Å². The number of benzene rings is 1. The number of nitrogens with one attached hydrogen (secondary N) is 1. The van der Waals surface area contributed by atoms with Crippen LogP contribution in [0, 0.1) is 19.8 Å². The molecule has 0 saturated heterocycles. The van der Waals surface area contributed by atoms with Crippen molar-refractivity contribution in [3.63, 3.8) is 0 Å². The number of ether oxygens (including phenoxy) is 1. The molecule has 170 valence electrons. The molecule has 3 N–H and O–H groups in total. The van der Waals surface area contributed by atoms with E-state index in [0.717, 1.165) is 11.3 Å². The zero-order chi connectivity index (χ0) is 22.0. The fourth-order valence-electron chi connectivity index (χ4n) is 3.90. The fourth-order valence-corrected chi connectivity index (χ4v) is 3.90. The maximum atomic E-state index is 13.0. The van der Waals surface area contributed by atoms with Crippen molar-refractivity contribution >= 4 is 18.3 Å². The smallest absolute Gasteiger partial charge is 0.257 e. The van der Waals surface area contributed by atoms with Gasteiger partial charge in [0, 0.05) is 23.2 Å². The minimum Gasteiger partial charge on any atom is -0.477 e. The molecule has 1 aromatic carbocycles. The van der Waals surface area contributed by atoms with Crippen LogP contribution in [0.1, 0.15) is 28.2 Å². The third-order valence-corrected chi connectivity index (χ3v) is 5.56. The number of aliphatic hydroxyl groups is 2. The second-order valence-corrected chi connectivity index (χ2v) is 7.81. The first kappa shape index (κ1) is 23.7. The average molecular weight is 460 g/mol. The Balaban J connectivity index is 0.00000289. The molecule has 0 aliphatic heterocycles. The zero-order valence-corrected chi connectivity index (χ0v) is 18.6. The Morgan fingerprint density at radius 2 is 1.88 bits per heavy atom. The van der Waals surface area contributed by atoms with Gasteiger partial charge in [-0.25, -0.2) is 4.98 Å². The number of aliphatic hydroxyl groups excluding tert-OH is 2. The lowest BCUT2D eigenvalue weighted by molar-refractivity contribution is 0.00217. The number of carbonyl (C=O) groups excluding carboxylic acids is 1. The van der Waals surface area contributed by atoms with Gasteiger partial charge in [0.25, 0.3) is 5.91 Å². The third-order valence-electron chi connectivity index (χ3n) is 5.56. The lowest BCUT2D eigenvalue weighted by Crippen LogP contribution is -2.43. The van der Waals surface area contributed by atoms with Crippen molar-refractivity contribution < 1.29 is 24.3 Å². The fraction of sp³-hybridized carbons (Fsp3) is 0.348. The molecule has 4 atom stereocenters. The van der Waals surface area contributed by atoms with E-state index < -0.39 is 24.2 Å². The molecule has 1 aliphatic rings. The zero-order valence-electron chi connectivity index (χ0n) is 17.8. The summed E-state index contributed by atoms with van der Waals surface area (Å²) in [6, 6.07) is 14.1. The van der Waals surface area contributed by atoms with E-state index in [4.69, 9.17) is 9.26 Å². The van der Waals surface area contributed by atoms with Crippen LogP contribution in [0.2, 0.25) is 0 Å². The number of hydrogen-bond donors (Lipinski definition) is 3. The van der Waals surface area contributed by atoms with E-state index in [1.807, 2.05) is 49.4 Å². The molecule has 2 heterocycles. The van der Waals surface area contributed by atoms with Gasteiger partial charge < -0.3 is 24.8 Å². The van der Waals surface area contributed by atoms with Gasteiger partial charge in [-0.3, -0.25) is 4.79 Å². The van der Waals surface area contributed by atoms with Gasteiger partial charge >= 0.3 is 0 Å². The Kier molecular flexibility index (Phi) is 7.50. The predicted molar refractivity (Wildman–Crippen MR) is 120 cm³/mol. The van der Waals surface area contributed by atoms with Gasteiger partial charge in [-0.15, -0.1) is 12.4 Å². The van der Waals surface area contributed by atoms with Gasteiger partial charge in [0.2, 0.25) is 5.88 Å². The monoisotopic (exact) mass is 459 g/mol. The SMILES string of the molecule is Cc1cccc(OC[C@H]2C[C@@H](NC(=O)c3c(-c4ccccc4)noc3C)[C@H](O)[C@@H]2O)n1.Cl. The van der Waals surface area contributed by atoms with Crippen molar-refractivity contribution in [1.82, 2.24) is 15.5 Å². The normalized spacial score (nSPS) is 22.2. The molecule has 0 spiro atoms. The molecule has 0 bridgehead atoms. The minimum absolute atomic E-state index is 0. The minimum atomic E-state index is -1.11. The van der Waals surface area contributed by atoms with Crippen LogP contribution >= 0.6 is 12.4 Å². The Morgan fingerprint density at radius 1 is 1.12 bits per heavy atom. The van der Waals surface area contributed by atoms with E-state index >= 15 is 0 Å². The van der Waals surface area contributed by atoms with Crippen LogP contribution in [-0.2, 0) is 0 Å². The van der Waals surface area contributed by atoms with E-state index in [1.54, 1.807) is 13.0 Å². The van der Waals surface area contributed by atoms with Gasteiger partial charge in [0.1, 0.15) is 23.1 Å². The molecule has 1 fully saturated rings. The van der Waals surface area contributed by atoms with Gasteiger partial charge in [-0.05, 0) is 26.3 Å². The first-order valence-electron chi connectivity index (χ1n) is 10.2. The maximum Gasteiger partial charge on any atom is 0.257 e. The summed E-state index contributed by atoms with van der Waals surface area (Å²) in [5.41, 5.74) is 2.34. The summed E-state index contributed by atoms with van der Waals surface area (Å²) in [5, 5.41) is 27.8. The van der Waals surface area contributed by atoms with Crippen molar-refractivity contribution in [2.75, 3.05) is 6.61 Å². The number of carbonyl (C=O) groups is 1. The molecule has 1 amide bonds. The molecule has 3 aromatic rings. The average Bonchev–Trinajstić information content (AvgIpc) is 3.28. The van der Waals surface area contributed by atoms with E-state index in [0.29, 0.717) is 29.3 Å². The maximum absolute atomic E-state index is 13.0. The number of rotatable bonds is 6. The quantitative estimate of drug-likeness (QED) is 0.518. The number of hydrogen-bond acceptors (Lipinski definition) is 7. The summed E-state index contributed by atoms with van der Waals surface area (Å²) in [6.45, 7) is 3.71. The number of aryl methyl sites for hydroxylation is 2. The van der Waals surface area contributed by atoms with Crippen LogP contribution < -0.4 is 10.1 Å². The Labute approximate surface area is 192 Å². The predicted octanol–water partition coefficient (Wildman–Crippen LogP) is 2.69. The van der Waals surface area contributed by atoms with Crippen molar-refractivity contribution in [3.05, 3.63) is 65.5 Å². The first-order chi connectivity index (χ1) is 14.9. The van der Waals surface area contributed by atoms with Crippen LogP contribution in [0.3, 0.4) is 0 Å². The van der Waals surface area contributed by atoms with E-state index in [1.165, 1.54) is 0 Å². The van der Waals surface area contributed by atoms with Gasteiger partial charge in [-0.1, -0.05) is 41.6 Å². The molecule has 0 unspecified atom stereocenters. The Hall–Kier alpha value is -2.94. The molecule has 1 saturated carbocycles. The highest BCUT2D eigenvalue weighted by molar-refractivity contribution is 6.01. The molecular formula is C23H26ClN3O5. The van der Waals surface area contributed by atoms with Crippen LogP contribution in [0.5, 0.6) is 5.88 Å².